The van der Waals surface area contributed by atoms with Crippen molar-refractivity contribution in [3.05, 3.63) is 29.3 Å². The van der Waals surface area contributed by atoms with Crippen molar-refractivity contribution < 1.29 is 9.50 Å². The van der Waals surface area contributed by atoms with Crippen molar-refractivity contribution in [2.75, 3.05) is 13.1 Å². The molecule has 15 heavy (non-hydrogen) atoms. The van der Waals surface area contributed by atoms with Crippen LogP contribution in [0.4, 0.5) is 4.39 Å². The number of nitrogens with one attached hydrogen (secondary N) is 1. The zero-order chi connectivity index (χ0) is 10.7. The summed E-state index contributed by atoms with van der Waals surface area (Å²) < 4.78 is 13.3. The molecule has 1 saturated heterocycles. The van der Waals surface area contributed by atoms with Gasteiger partial charge in [0.05, 0.1) is 6.61 Å². The minimum Gasteiger partial charge on any atom is -0.392 e. The molecule has 0 bridgehead atoms. The lowest BCUT2D eigenvalue weighted by Gasteiger charge is -2.22. The number of hydrogen-bond acceptors (Lipinski definition) is 3. The average molecular weight is 210 g/mol. The van der Waals surface area contributed by atoms with Gasteiger partial charge in [0.1, 0.15) is 0 Å². The number of nitrogens with zero attached hydrogens (tertiary/aromatic N) is 1. The highest BCUT2D eigenvalue weighted by Crippen LogP contribution is 2.24. The van der Waals surface area contributed by atoms with E-state index in [1.165, 1.54) is 0 Å². The van der Waals surface area contributed by atoms with Gasteiger partial charge in [0, 0.05) is 17.2 Å². The maximum atomic E-state index is 13.3. The van der Waals surface area contributed by atoms with Gasteiger partial charge in [-0.05, 0) is 32.0 Å². The first-order chi connectivity index (χ1) is 7.31. The molecule has 0 atom stereocenters. The van der Waals surface area contributed by atoms with Crippen molar-refractivity contribution in [3.8, 4) is 0 Å². The lowest BCUT2D eigenvalue weighted by Crippen LogP contribution is -2.27. The van der Waals surface area contributed by atoms with E-state index in [1.807, 2.05) is 6.07 Å². The Morgan fingerprint density at radius 3 is 2.73 bits per heavy atom. The highest BCUT2D eigenvalue weighted by molar-refractivity contribution is 5.18. The molecule has 0 amide bonds. The Labute approximate surface area is 88.3 Å². The number of aliphatic hydroxyl groups excluding tert-OH is 1. The number of rotatable bonds is 2. The van der Waals surface area contributed by atoms with Crippen molar-refractivity contribution >= 4 is 0 Å². The van der Waals surface area contributed by atoms with Crippen molar-refractivity contribution in [1.29, 1.82) is 0 Å². The van der Waals surface area contributed by atoms with Crippen LogP contribution in [-0.2, 0) is 6.61 Å². The third kappa shape index (κ3) is 2.33. The fraction of sp³-hybridized carbons (Fsp3) is 0.545. The van der Waals surface area contributed by atoms with E-state index in [0.29, 0.717) is 5.92 Å². The summed E-state index contributed by atoms with van der Waals surface area (Å²) in [5.41, 5.74) is 1.08. The molecule has 82 valence electrons. The summed E-state index contributed by atoms with van der Waals surface area (Å²) in [4.78, 5) is 3.91. The zero-order valence-corrected chi connectivity index (χ0v) is 8.54. The molecule has 3 nitrogen and oxygen atoms in total. The van der Waals surface area contributed by atoms with Crippen LogP contribution in [0, 0.1) is 5.95 Å². The summed E-state index contributed by atoms with van der Waals surface area (Å²) in [6.07, 6.45) is 2.01. The molecule has 0 aliphatic carbocycles. The first-order valence-corrected chi connectivity index (χ1v) is 5.28. The molecule has 0 radical (unpaired) electrons. The van der Waals surface area contributed by atoms with E-state index in [0.717, 1.165) is 31.6 Å². The Kier molecular flexibility index (Phi) is 3.28. The van der Waals surface area contributed by atoms with Gasteiger partial charge in [0.15, 0.2) is 0 Å². The Balaban J connectivity index is 2.17. The Hall–Kier alpha value is -1.00. The van der Waals surface area contributed by atoms with Crippen LogP contribution in [0.15, 0.2) is 12.1 Å². The lowest BCUT2D eigenvalue weighted by atomic mass is 9.94. The minimum absolute atomic E-state index is 0.271. The number of aromatic nitrogens is 1. The van der Waals surface area contributed by atoms with E-state index in [1.54, 1.807) is 6.07 Å². The summed E-state index contributed by atoms with van der Waals surface area (Å²) in [5, 5.41) is 12.1. The van der Waals surface area contributed by atoms with Crippen molar-refractivity contribution in [1.82, 2.24) is 10.3 Å². The molecule has 0 unspecified atom stereocenters. The van der Waals surface area contributed by atoms with E-state index >= 15 is 0 Å². The molecule has 1 aliphatic heterocycles. The van der Waals surface area contributed by atoms with E-state index in [9.17, 15) is 4.39 Å². The standard InChI is InChI=1S/C11H15FN2O/c12-11-9(7-15)1-2-10(14-11)8-3-5-13-6-4-8/h1-2,8,13,15H,3-7H2. The Bertz CT molecular complexity index is 337. The molecule has 1 fully saturated rings. The van der Waals surface area contributed by atoms with Crippen molar-refractivity contribution in [3.63, 3.8) is 0 Å². The molecule has 1 aliphatic rings. The number of halogens is 1. The summed E-state index contributed by atoms with van der Waals surface area (Å²) in [6, 6.07) is 3.45. The predicted molar refractivity (Wildman–Crippen MR) is 55.0 cm³/mol. The van der Waals surface area contributed by atoms with Gasteiger partial charge in [0.25, 0.3) is 0 Å². The quantitative estimate of drug-likeness (QED) is 0.720. The van der Waals surface area contributed by atoms with Gasteiger partial charge in [-0.25, -0.2) is 4.98 Å². The van der Waals surface area contributed by atoms with Crippen molar-refractivity contribution in [2.24, 2.45) is 0 Å². The van der Waals surface area contributed by atoms with Crippen LogP contribution in [0.1, 0.15) is 30.0 Å². The van der Waals surface area contributed by atoms with Gasteiger partial charge in [-0.1, -0.05) is 6.07 Å². The second kappa shape index (κ2) is 4.68. The zero-order valence-electron chi connectivity index (χ0n) is 8.54. The molecule has 0 spiro atoms. The van der Waals surface area contributed by atoms with E-state index in [-0.39, 0.29) is 12.2 Å². The lowest BCUT2D eigenvalue weighted by molar-refractivity contribution is 0.273. The van der Waals surface area contributed by atoms with Crippen LogP contribution in [0.5, 0.6) is 0 Å². The molecule has 1 aromatic rings. The van der Waals surface area contributed by atoms with E-state index in [4.69, 9.17) is 5.11 Å². The molecule has 0 aromatic carbocycles. The first-order valence-electron chi connectivity index (χ1n) is 5.28. The molecule has 2 N–H and O–H groups in total. The molecular formula is C11H15FN2O. The first kappa shape index (κ1) is 10.5. The monoisotopic (exact) mass is 210 g/mol. The number of piperidine rings is 1. The largest absolute Gasteiger partial charge is 0.392 e. The van der Waals surface area contributed by atoms with Gasteiger partial charge in [0.2, 0.25) is 5.95 Å². The van der Waals surface area contributed by atoms with Crippen LogP contribution < -0.4 is 5.32 Å². The minimum atomic E-state index is -0.534. The molecule has 2 heterocycles. The number of aliphatic hydroxyl groups is 1. The third-order valence-corrected chi connectivity index (χ3v) is 2.88. The normalized spacial score (nSPS) is 18.0. The second-order valence-electron chi connectivity index (χ2n) is 3.87. The topological polar surface area (TPSA) is 45.1 Å². The highest BCUT2D eigenvalue weighted by atomic mass is 19.1. The highest BCUT2D eigenvalue weighted by Gasteiger charge is 2.17. The summed E-state index contributed by atoms with van der Waals surface area (Å²) >= 11 is 0. The summed E-state index contributed by atoms with van der Waals surface area (Å²) in [5.74, 6) is -0.179. The SMILES string of the molecule is OCc1ccc(C2CCNCC2)nc1F. The van der Waals surface area contributed by atoms with E-state index < -0.39 is 5.95 Å². The van der Waals surface area contributed by atoms with Crippen LogP contribution in [0.2, 0.25) is 0 Å². The van der Waals surface area contributed by atoms with Crippen LogP contribution >= 0.6 is 0 Å². The fourth-order valence-electron chi connectivity index (χ4n) is 1.94. The summed E-state index contributed by atoms with van der Waals surface area (Å²) in [7, 11) is 0. The van der Waals surface area contributed by atoms with Gasteiger partial charge in [-0.2, -0.15) is 4.39 Å². The Morgan fingerprint density at radius 1 is 1.40 bits per heavy atom. The smallest absolute Gasteiger partial charge is 0.218 e. The van der Waals surface area contributed by atoms with Gasteiger partial charge >= 0.3 is 0 Å². The van der Waals surface area contributed by atoms with Crippen LogP contribution in [0.25, 0.3) is 0 Å². The molecule has 4 heteroatoms. The number of pyridine rings is 1. The molecular weight excluding hydrogens is 195 g/mol. The fourth-order valence-corrected chi connectivity index (χ4v) is 1.94. The Morgan fingerprint density at radius 2 is 2.13 bits per heavy atom. The van der Waals surface area contributed by atoms with Crippen LogP contribution in [-0.4, -0.2) is 23.2 Å². The molecule has 2 rings (SSSR count). The van der Waals surface area contributed by atoms with Gasteiger partial charge in [-0.3, -0.25) is 0 Å². The van der Waals surface area contributed by atoms with Gasteiger partial charge < -0.3 is 10.4 Å². The molecule has 1 aromatic heterocycles. The number of hydrogen-bond donors (Lipinski definition) is 2. The third-order valence-electron chi connectivity index (χ3n) is 2.88. The summed E-state index contributed by atoms with van der Waals surface area (Å²) in [6.45, 7) is 1.65. The second-order valence-corrected chi connectivity index (χ2v) is 3.87. The van der Waals surface area contributed by atoms with Crippen molar-refractivity contribution in [2.45, 2.75) is 25.4 Å². The van der Waals surface area contributed by atoms with Crippen LogP contribution in [0.3, 0.4) is 0 Å². The maximum absolute atomic E-state index is 13.3. The average Bonchev–Trinajstić information content (AvgIpc) is 2.30. The maximum Gasteiger partial charge on any atom is 0.218 e. The van der Waals surface area contributed by atoms with Gasteiger partial charge in [-0.15, -0.1) is 0 Å². The molecule has 0 saturated carbocycles. The van der Waals surface area contributed by atoms with E-state index in [2.05, 4.69) is 10.3 Å². The predicted octanol–water partition coefficient (Wildman–Crippen LogP) is 1.18.